The van der Waals surface area contributed by atoms with Gasteiger partial charge in [0.2, 0.25) is 0 Å². The van der Waals surface area contributed by atoms with Crippen LogP contribution < -0.4 is 9.80 Å². The summed E-state index contributed by atoms with van der Waals surface area (Å²) in [5.41, 5.74) is 3.31. The number of nitrogens with one attached hydrogen (secondary N) is 1. The monoisotopic (exact) mass is 312 g/mol. The van der Waals surface area contributed by atoms with E-state index < -0.39 is 0 Å². The first kappa shape index (κ1) is 14.1. The fourth-order valence-corrected chi connectivity index (χ4v) is 3.41. The Bertz CT molecular complexity index is 713. The summed E-state index contributed by atoms with van der Waals surface area (Å²) < 4.78 is 5.56. The predicted molar refractivity (Wildman–Crippen MR) is 87.9 cm³/mol. The molecule has 3 heterocycles. The van der Waals surface area contributed by atoms with Gasteiger partial charge < -0.3 is 9.64 Å². The average Bonchev–Trinajstić information content (AvgIpc) is 3.13. The van der Waals surface area contributed by atoms with E-state index in [2.05, 4.69) is 22.0 Å². The number of anilines is 2. The van der Waals surface area contributed by atoms with Gasteiger partial charge in [0.1, 0.15) is 6.10 Å². The molecule has 0 bridgehead atoms. The SMILES string of the molecule is Cc1[nH]nc2c1CCCN2CC1CN(c2ccccc2)C(=O)O1. The molecule has 1 amide bonds. The van der Waals surface area contributed by atoms with Crippen LogP contribution in [-0.2, 0) is 11.2 Å². The van der Waals surface area contributed by atoms with Crippen LogP contribution in [-0.4, -0.2) is 42.0 Å². The third-order valence-electron chi connectivity index (χ3n) is 4.57. The maximum absolute atomic E-state index is 12.1. The Labute approximate surface area is 135 Å². The number of hydrogen-bond donors (Lipinski definition) is 1. The quantitative estimate of drug-likeness (QED) is 0.946. The number of aryl methyl sites for hydroxylation is 1. The standard InChI is InChI=1S/C17H20N4O2/c1-12-15-8-5-9-20(16(15)19-18-12)10-14-11-21(17(22)23-14)13-6-3-2-4-7-13/h2-4,6-7,14H,5,8-11H2,1H3,(H,18,19). The van der Waals surface area contributed by atoms with Crippen molar-refractivity contribution in [3.63, 3.8) is 0 Å². The van der Waals surface area contributed by atoms with E-state index in [-0.39, 0.29) is 12.2 Å². The van der Waals surface area contributed by atoms with Gasteiger partial charge in [-0.25, -0.2) is 4.79 Å². The molecule has 6 nitrogen and oxygen atoms in total. The van der Waals surface area contributed by atoms with Gasteiger partial charge in [-0.2, -0.15) is 5.10 Å². The second-order valence-electron chi connectivity index (χ2n) is 6.15. The van der Waals surface area contributed by atoms with Gasteiger partial charge in [0.05, 0.1) is 13.1 Å². The summed E-state index contributed by atoms with van der Waals surface area (Å²) >= 11 is 0. The van der Waals surface area contributed by atoms with E-state index >= 15 is 0 Å². The Balaban J connectivity index is 1.48. The van der Waals surface area contributed by atoms with Crippen LogP contribution in [0.15, 0.2) is 30.3 Å². The fourth-order valence-electron chi connectivity index (χ4n) is 3.41. The summed E-state index contributed by atoms with van der Waals surface area (Å²) in [5, 5.41) is 7.49. The zero-order valence-corrected chi connectivity index (χ0v) is 13.2. The molecule has 6 heteroatoms. The Morgan fingerprint density at radius 2 is 2.17 bits per heavy atom. The number of carbonyl (C=O) groups excluding carboxylic acids is 1. The predicted octanol–water partition coefficient (Wildman–Crippen LogP) is 2.50. The van der Waals surface area contributed by atoms with Crippen molar-refractivity contribution in [2.24, 2.45) is 0 Å². The third kappa shape index (κ3) is 2.54. The van der Waals surface area contributed by atoms with Gasteiger partial charge in [-0.15, -0.1) is 0 Å². The van der Waals surface area contributed by atoms with Crippen molar-refractivity contribution in [2.45, 2.75) is 25.9 Å². The summed E-state index contributed by atoms with van der Waals surface area (Å²) in [6.07, 6.45) is 1.77. The van der Waals surface area contributed by atoms with Gasteiger partial charge in [-0.3, -0.25) is 10.00 Å². The average molecular weight is 312 g/mol. The van der Waals surface area contributed by atoms with Crippen LogP contribution in [0.3, 0.4) is 0 Å². The Kier molecular flexibility index (Phi) is 3.44. The molecule has 0 spiro atoms. The number of hydrogen-bond acceptors (Lipinski definition) is 4. The Hall–Kier alpha value is -2.50. The summed E-state index contributed by atoms with van der Waals surface area (Å²) in [5.74, 6) is 1.02. The minimum atomic E-state index is -0.267. The lowest BCUT2D eigenvalue weighted by atomic mass is 10.1. The lowest BCUT2D eigenvalue weighted by Crippen LogP contribution is -2.38. The second-order valence-corrected chi connectivity index (χ2v) is 6.15. The fraction of sp³-hybridized carbons (Fsp3) is 0.412. The number of benzene rings is 1. The summed E-state index contributed by atoms with van der Waals surface area (Å²) in [6.45, 7) is 4.28. The summed E-state index contributed by atoms with van der Waals surface area (Å²) in [7, 11) is 0. The number of aromatic nitrogens is 2. The number of para-hydroxylation sites is 1. The van der Waals surface area contributed by atoms with E-state index in [9.17, 15) is 4.79 Å². The highest BCUT2D eigenvalue weighted by Gasteiger charge is 2.34. The van der Waals surface area contributed by atoms with Crippen LogP contribution in [0.2, 0.25) is 0 Å². The lowest BCUT2D eigenvalue weighted by Gasteiger charge is -2.29. The molecule has 4 rings (SSSR count). The molecule has 1 atom stereocenters. The first-order chi connectivity index (χ1) is 11.2. The summed E-state index contributed by atoms with van der Waals surface area (Å²) in [4.78, 5) is 16.1. The molecule has 0 aliphatic carbocycles. The molecule has 2 aliphatic rings. The molecule has 1 aromatic carbocycles. The van der Waals surface area contributed by atoms with Gasteiger partial charge in [0.25, 0.3) is 0 Å². The van der Waals surface area contributed by atoms with Gasteiger partial charge in [0, 0.05) is 23.5 Å². The zero-order chi connectivity index (χ0) is 15.8. The Morgan fingerprint density at radius 1 is 1.35 bits per heavy atom. The van der Waals surface area contributed by atoms with E-state index in [0.717, 1.165) is 36.6 Å². The Morgan fingerprint density at radius 3 is 3.00 bits per heavy atom. The molecule has 1 saturated heterocycles. The molecule has 23 heavy (non-hydrogen) atoms. The topological polar surface area (TPSA) is 61.5 Å². The largest absolute Gasteiger partial charge is 0.442 e. The molecule has 0 saturated carbocycles. The minimum Gasteiger partial charge on any atom is -0.442 e. The van der Waals surface area contributed by atoms with Crippen molar-refractivity contribution in [2.75, 3.05) is 29.4 Å². The molecular formula is C17H20N4O2. The van der Waals surface area contributed by atoms with Crippen molar-refractivity contribution in [3.8, 4) is 0 Å². The van der Waals surface area contributed by atoms with Crippen LogP contribution in [0.4, 0.5) is 16.3 Å². The second kappa shape index (κ2) is 5.61. The molecule has 1 fully saturated rings. The normalized spacial score (nSPS) is 20.6. The maximum atomic E-state index is 12.1. The first-order valence-electron chi connectivity index (χ1n) is 8.04. The molecule has 2 aliphatic heterocycles. The number of fused-ring (bicyclic) bond motifs is 1. The van der Waals surface area contributed by atoms with E-state index in [1.807, 2.05) is 30.3 Å². The van der Waals surface area contributed by atoms with E-state index in [4.69, 9.17) is 4.74 Å². The minimum absolute atomic E-state index is 0.134. The number of nitrogens with zero attached hydrogens (tertiary/aromatic N) is 3. The molecule has 0 radical (unpaired) electrons. The zero-order valence-electron chi connectivity index (χ0n) is 13.2. The van der Waals surface area contributed by atoms with Crippen molar-refractivity contribution in [1.29, 1.82) is 0 Å². The van der Waals surface area contributed by atoms with Crippen molar-refractivity contribution in [1.82, 2.24) is 10.2 Å². The van der Waals surface area contributed by atoms with Gasteiger partial charge in [-0.05, 0) is 31.9 Å². The van der Waals surface area contributed by atoms with E-state index in [1.54, 1.807) is 4.90 Å². The van der Waals surface area contributed by atoms with Gasteiger partial charge in [0.15, 0.2) is 5.82 Å². The van der Waals surface area contributed by atoms with Crippen molar-refractivity contribution < 1.29 is 9.53 Å². The van der Waals surface area contributed by atoms with Crippen molar-refractivity contribution >= 4 is 17.6 Å². The molecule has 2 aromatic rings. The number of amides is 1. The molecule has 120 valence electrons. The van der Waals surface area contributed by atoms with Crippen LogP contribution in [0.25, 0.3) is 0 Å². The summed E-state index contributed by atoms with van der Waals surface area (Å²) in [6, 6.07) is 9.66. The van der Waals surface area contributed by atoms with Crippen molar-refractivity contribution in [3.05, 3.63) is 41.6 Å². The van der Waals surface area contributed by atoms with Crippen LogP contribution >= 0.6 is 0 Å². The van der Waals surface area contributed by atoms with Crippen LogP contribution in [0, 0.1) is 6.92 Å². The highest BCUT2D eigenvalue weighted by Crippen LogP contribution is 2.28. The molecule has 1 aromatic heterocycles. The number of aromatic amines is 1. The first-order valence-corrected chi connectivity index (χ1v) is 8.04. The number of rotatable bonds is 3. The molecular weight excluding hydrogens is 292 g/mol. The highest BCUT2D eigenvalue weighted by molar-refractivity contribution is 5.89. The van der Waals surface area contributed by atoms with E-state index in [0.29, 0.717) is 13.1 Å². The number of ether oxygens (including phenoxy) is 1. The van der Waals surface area contributed by atoms with Gasteiger partial charge in [-0.1, -0.05) is 18.2 Å². The number of H-pyrrole nitrogens is 1. The molecule has 1 unspecified atom stereocenters. The number of cyclic esters (lactones) is 1. The van der Waals surface area contributed by atoms with Gasteiger partial charge >= 0.3 is 6.09 Å². The van der Waals surface area contributed by atoms with Crippen LogP contribution in [0.5, 0.6) is 0 Å². The van der Waals surface area contributed by atoms with Crippen LogP contribution in [0.1, 0.15) is 17.7 Å². The highest BCUT2D eigenvalue weighted by atomic mass is 16.6. The third-order valence-corrected chi connectivity index (χ3v) is 4.57. The van der Waals surface area contributed by atoms with E-state index in [1.165, 1.54) is 5.56 Å². The maximum Gasteiger partial charge on any atom is 0.414 e. The molecule has 1 N–H and O–H groups in total. The number of carbonyl (C=O) groups is 1. The lowest BCUT2D eigenvalue weighted by molar-refractivity contribution is 0.143. The smallest absolute Gasteiger partial charge is 0.414 e.